The summed E-state index contributed by atoms with van der Waals surface area (Å²) in [4.78, 5) is 24.8. The topological polar surface area (TPSA) is 55.8 Å². The summed E-state index contributed by atoms with van der Waals surface area (Å²) in [5.41, 5.74) is 0. The number of thiol groups is 1. The van der Waals surface area contributed by atoms with E-state index in [2.05, 4.69) is 26.7 Å². The van der Waals surface area contributed by atoms with Crippen LogP contribution < -0.4 is 0 Å². The normalized spacial score (nSPS) is 11.9. The van der Waals surface area contributed by atoms with Crippen LogP contribution in [-0.2, 0) is 19.1 Å². The van der Waals surface area contributed by atoms with Crippen LogP contribution in [-0.4, -0.2) is 40.5 Å². The Hall–Kier alpha value is -0.820. The van der Waals surface area contributed by atoms with E-state index in [1.54, 1.807) is 0 Å². The Morgan fingerprint density at radius 1 is 1.00 bits per heavy atom. The molecule has 25 heavy (non-hydrogen) atoms. The molecule has 146 valence electrons. The monoisotopic (exact) mass is 391 g/mol. The van der Waals surface area contributed by atoms with Gasteiger partial charge in [0.05, 0.1) is 19.6 Å². The lowest BCUT2D eigenvalue weighted by atomic mass is 10.1. The number of thiocarbonyl (C=S) groups is 1. The Balaban J connectivity index is 4.74. The van der Waals surface area contributed by atoms with Crippen LogP contribution in [0.3, 0.4) is 0 Å². The van der Waals surface area contributed by atoms with E-state index >= 15 is 0 Å². The van der Waals surface area contributed by atoms with Gasteiger partial charge in [-0.2, -0.15) is 0 Å². The highest BCUT2D eigenvalue weighted by Gasteiger charge is 2.31. The van der Waals surface area contributed by atoms with Crippen LogP contribution in [0.5, 0.6) is 0 Å². The van der Waals surface area contributed by atoms with Crippen molar-refractivity contribution >= 4 is 42.0 Å². The smallest absolute Gasteiger partial charge is 0.316 e. The van der Waals surface area contributed by atoms with E-state index in [1.165, 1.54) is 4.31 Å². The van der Waals surface area contributed by atoms with Crippen molar-refractivity contribution in [3.05, 3.63) is 0 Å². The molecular weight excluding hydrogens is 358 g/mol. The van der Waals surface area contributed by atoms with E-state index in [-0.39, 0.29) is 12.5 Å². The first-order chi connectivity index (χ1) is 11.8. The molecule has 0 heterocycles. The second-order valence-corrected chi connectivity index (χ2v) is 7.18. The van der Waals surface area contributed by atoms with Gasteiger partial charge in [-0.15, -0.1) is 0 Å². The van der Waals surface area contributed by atoms with Crippen LogP contribution in [0.4, 0.5) is 0 Å². The third kappa shape index (κ3) is 10.7. The number of ether oxygens (including phenoxy) is 2. The molecule has 0 radical (unpaired) electrons. The van der Waals surface area contributed by atoms with E-state index in [1.807, 2.05) is 13.8 Å². The minimum atomic E-state index is -0.838. The van der Waals surface area contributed by atoms with E-state index in [9.17, 15) is 9.59 Å². The largest absolute Gasteiger partial charge is 0.466 e. The summed E-state index contributed by atoms with van der Waals surface area (Å²) in [7, 11) is 0. The summed E-state index contributed by atoms with van der Waals surface area (Å²) in [6, 6.07) is 0.00630. The van der Waals surface area contributed by atoms with Gasteiger partial charge in [0.15, 0.2) is 0 Å². The Labute approximate surface area is 163 Å². The highest BCUT2D eigenvalue weighted by atomic mass is 32.1. The standard InChI is InChI=1S/C18H33NO4S2/c1-5-7-9-11-22-16(20)13-15(17(24)19(25)14(3)4)18(21)23-12-10-8-6-2/h14-15,25H,5-13H2,1-4H3. The Morgan fingerprint density at radius 2 is 1.52 bits per heavy atom. The Morgan fingerprint density at radius 3 is 2.00 bits per heavy atom. The quantitative estimate of drug-likeness (QED) is 0.218. The lowest BCUT2D eigenvalue weighted by Crippen LogP contribution is -2.38. The maximum absolute atomic E-state index is 12.4. The molecule has 0 aliphatic carbocycles. The van der Waals surface area contributed by atoms with Crippen molar-refractivity contribution < 1.29 is 19.1 Å². The van der Waals surface area contributed by atoms with Gasteiger partial charge in [-0.1, -0.05) is 64.6 Å². The fourth-order valence-electron chi connectivity index (χ4n) is 2.07. The molecule has 0 bridgehead atoms. The van der Waals surface area contributed by atoms with Crippen molar-refractivity contribution in [2.75, 3.05) is 13.2 Å². The van der Waals surface area contributed by atoms with Crippen LogP contribution >= 0.6 is 25.0 Å². The number of esters is 2. The zero-order valence-corrected chi connectivity index (χ0v) is 17.7. The molecule has 0 amide bonds. The highest BCUT2D eigenvalue weighted by molar-refractivity contribution is 7.84. The summed E-state index contributed by atoms with van der Waals surface area (Å²) < 4.78 is 12.0. The number of carbonyl (C=O) groups is 2. The predicted octanol–water partition coefficient (Wildman–Crippen LogP) is 4.34. The van der Waals surface area contributed by atoms with Gasteiger partial charge in [0.25, 0.3) is 0 Å². The van der Waals surface area contributed by atoms with Crippen molar-refractivity contribution in [2.45, 2.75) is 78.7 Å². The number of rotatable bonds is 13. The second kappa shape index (κ2) is 14.4. The molecule has 0 aliphatic heterocycles. The first kappa shape index (κ1) is 24.2. The molecule has 1 atom stereocenters. The number of hydrogen-bond acceptors (Lipinski definition) is 6. The molecule has 0 aliphatic rings. The van der Waals surface area contributed by atoms with Gasteiger partial charge < -0.3 is 13.8 Å². The molecule has 1 unspecified atom stereocenters. The van der Waals surface area contributed by atoms with Gasteiger partial charge >= 0.3 is 11.9 Å². The molecule has 7 heteroatoms. The van der Waals surface area contributed by atoms with Crippen molar-refractivity contribution in [2.24, 2.45) is 5.92 Å². The van der Waals surface area contributed by atoms with Crippen LogP contribution in [0, 0.1) is 5.92 Å². The first-order valence-corrected chi connectivity index (χ1v) is 10.00. The van der Waals surface area contributed by atoms with E-state index in [0.29, 0.717) is 18.2 Å². The van der Waals surface area contributed by atoms with Gasteiger partial charge in [0.1, 0.15) is 10.9 Å². The SMILES string of the molecule is CCCCCOC(=O)CC(C(=O)OCCCCC)C(=S)N(S)C(C)C. The number of nitrogens with zero attached hydrogens (tertiary/aromatic N) is 1. The molecule has 0 fully saturated rings. The molecule has 0 aromatic carbocycles. The van der Waals surface area contributed by atoms with Gasteiger partial charge in [0.2, 0.25) is 0 Å². The second-order valence-electron chi connectivity index (χ2n) is 6.34. The molecule has 5 nitrogen and oxygen atoms in total. The van der Waals surface area contributed by atoms with Crippen molar-refractivity contribution in [1.29, 1.82) is 0 Å². The van der Waals surface area contributed by atoms with E-state index in [0.717, 1.165) is 38.5 Å². The van der Waals surface area contributed by atoms with Crippen LogP contribution in [0.25, 0.3) is 0 Å². The van der Waals surface area contributed by atoms with Crippen LogP contribution in [0.15, 0.2) is 0 Å². The Kier molecular flexibility index (Phi) is 13.9. The summed E-state index contributed by atoms with van der Waals surface area (Å²) in [5.74, 6) is -1.75. The van der Waals surface area contributed by atoms with E-state index < -0.39 is 17.9 Å². The molecule has 0 aromatic heterocycles. The van der Waals surface area contributed by atoms with Crippen LogP contribution in [0.2, 0.25) is 0 Å². The summed E-state index contributed by atoms with van der Waals surface area (Å²) >= 11 is 9.70. The number of carbonyl (C=O) groups excluding carboxylic acids is 2. The maximum atomic E-state index is 12.4. The summed E-state index contributed by atoms with van der Waals surface area (Å²) in [6.07, 6.45) is 5.61. The van der Waals surface area contributed by atoms with Crippen LogP contribution in [0.1, 0.15) is 72.6 Å². The minimum absolute atomic E-state index is 0.00630. The Bertz CT molecular complexity index is 416. The zero-order valence-electron chi connectivity index (χ0n) is 16.0. The molecule has 0 spiro atoms. The van der Waals surface area contributed by atoms with Crippen molar-refractivity contribution in [3.8, 4) is 0 Å². The van der Waals surface area contributed by atoms with Gasteiger partial charge in [-0.25, -0.2) is 0 Å². The molecule has 0 aromatic rings. The zero-order chi connectivity index (χ0) is 19.2. The van der Waals surface area contributed by atoms with Crippen molar-refractivity contribution in [1.82, 2.24) is 4.31 Å². The molecule has 0 saturated heterocycles. The highest BCUT2D eigenvalue weighted by Crippen LogP contribution is 2.18. The maximum Gasteiger partial charge on any atom is 0.316 e. The van der Waals surface area contributed by atoms with Crippen molar-refractivity contribution in [3.63, 3.8) is 0 Å². The third-order valence-corrected chi connectivity index (χ3v) is 4.97. The minimum Gasteiger partial charge on any atom is -0.466 e. The summed E-state index contributed by atoms with van der Waals surface area (Å²) in [5, 5.41) is 0. The first-order valence-electron chi connectivity index (χ1n) is 9.19. The number of unbranched alkanes of at least 4 members (excludes halogenated alkanes) is 4. The lowest BCUT2D eigenvalue weighted by molar-refractivity contribution is -0.153. The average molecular weight is 392 g/mol. The predicted molar refractivity (Wildman–Crippen MR) is 108 cm³/mol. The van der Waals surface area contributed by atoms with E-state index in [4.69, 9.17) is 21.7 Å². The fourth-order valence-corrected chi connectivity index (χ4v) is 2.60. The van der Waals surface area contributed by atoms with Gasteiger partial charge in [0, 0.05) is 6.04 Å². The molecule has 0 saturated carbocycles. The molecular formula is C18H33NO4S2. The molecule has 0 N–H and O–H groups in total. The molecule has 0 rings (SSSR count). The average Bonchev–Trinajstić information content (AvgIpc) is 2.58. The summed E-state index contributed by atoms with van der Waals surface area (Å²) in [6.45, 7) is 8.68. The lowest BCUT2D eigenvalue weighted by Gasteiger charge is -2.27. The fraction of sp³-hybridized carbons (Fsp3) is 0.833. The third-order valence-electron chi connectivity index (χ3n) is 3.67. The van der Waals surface area contributed by atoms with Gasteiger partial charge in [-0.3, -0.25) is 9.59 Å². The van der Waals surface area contributed by atoms with Gasteiger partial charge in [-0.05, 0) is 26.7 Å². The number of hydrogen-bond donors (Lipinski definition) is 1.